The van der Waals surface area contributed by atoms with Gasteiger partial charge in [-0.25, -0.2) is 0 Å². The van der Waals surface area contributed by atoms with E-state index in [1.54, 1.807) is 0 Å². The Balaban J connectivity index is 1.88. The molecule has 1 aromatic heterocycles. The van der Waals surface area contributed by atoms with Crippen molar-refractivity contribution in [3.8, 4) is 0 Å². The maximum Gasteiger partial charge on any atom is 0.321 e. The van der Waals surface area contributed by atoms with Crippen LogP contribution in [0.2, 0.25) is 0 Å². The first-order valence-electron chi connectivity index (χ1n) is 6.76. The molecule has 0 aliphatic heterocycles. The van der Waals surface area contributed by atoms with E-state index in [0.717, 1.165) is 29.9 Å². The lowest BCUT2D eigenvalue weighted by Crippen LogP contribution is -2.08. The largest absolute Gasteiger partial charge is 0.480 e. The van der Waals surface area contributed by atoms with Gasteiger partial charge < -0.3 is 5.11 Å². The van der Waals surface area contributed by atoms with Crippen molar-refractivity contribution in [3.63, 3.8) is 0 Å². The van der Waals surface area contributed by atoms with Crippen molar-refractivity contribution in [3.05, 3.63) is 47.2 Å². The maximum atomic E-state index is 11.5. The molecule has 0 saturated heterocycles. The van der Waals surface area contributed by atoms with Gasteiger partial charge in [0, 0.05) is 11.3 Å². The molecule has 0 spiro atoms. The molecule has 2 N–H and O–H groups in total. The third kappa shape index (κ3) is 2.58. The zero-order chi connectivity index (χ0) is 13.9. The lowest BCUT2D eigenvalue weighted by atomic mass is 9.99. The van der Waals surface area contributed by atoms with Crippen LogP contribution in [-0.4, -0.2) is 21.3 Å². The number of aromatic nitrogens is 2. The quantitative estimate of drug-likeness (QED) is 0.848. The van der Waals surface area contributed by atoms with Gasteiger partial charge in [-0.15, -0.1) is 0 Å². The molecular formula is C15H16N2O2S. The second-order valence-electron chi connectivity index (χ2n) is 4.94. The summed E-state index contributed by atoms with van der Waals surface area (Å²) >= 11 is 1.33. The van der Waals surface area contributed by atoms with E-state index in [1.807, 2.05) is 30.3 Å². The van der Waals surface area contributed by atoms with E-state index in [-0.39, 0.29) is 0 Å². The van der Waals surface area contributed by atoms with E-state index in [2.05, 4.69) is 10.2 Å². The van der Waals surface area contributed by atoms with Crippen LogP contribution in [0.15, 0.2) is 35.4 Å². The molecule has 104 valence electrons. The van der Waals surface area contributed by atoms with Gasteiger partial charge in [0.25, 0.3) is 0 Å². The smallest absolute Gasteiger partial charge is 0.321 e. The zero-order valence-electron chi connectivity index (χ0n) is 11.0. The number of hydrogen-bond donors (Lipinski definition) is 2. The van der Waals surface area contributed by atoms with Gasteiger partial charge in [-0.05, 0) is 31.2 Å². The van der Waals surface area contributed by atoms with Crippen molar-refractivity contribution >= 4 is 17.7 Å². The van der Waals surface area contributed by atoms with Gasteiger partial charge in [0.05, 0.1) is 0 Å². The summed E-state index contributed by atoms with van der Waals surface area (Å²) in [6.45, 7) is 0. The average molecular weight is 288 g/mol. The summed E-state index contributed by atoms with van der Waals surface area (Å²) < 4.78 is 0. The molecule has 0 radical (unpaired) electrons. The highest BCUT2D eigenvalue weighted by molar-refractivity contribution is 8.00. The monoisotopic (exact) mass is 288 g/mol. The average Bonchev–Trinajstić information content (AvgIpc) is 2.88. The number of rotatable bonds is 4. The Morgan fingerprint density at radius 1 is 1.25 bits per heavy atom. The van der Waals surface area contributed by atoms with Crippen molar-refractivity contribution in [2.45, 2.75) is 36.0 Å². The third-order valence-electron chi connectivity index (χ3n) is 3.57. The number of fused-ring (bicyclic) bond motifs is 1. The van der Waals surface area contributed by atoms with Crippen LogP contribution in [0.3, 0.4) is 0 Å². The SMILES string of the molecule is O=C(O)[C@H](Sc1n[nH]c2c1CCCC2)c1ccccc1. The van der Waals surface area contributed by atoms with Crippen molar-refractivity contribution in [1.82, 2.24) is 10.2 Å². The molecular weight excluding hydrogens is 272 g/mol. The number of hydrogen-bond acceptors (Lipinski definition) is 3. The Morgan fingerprint density at radius 2 is 2.00 bits per heavy atom. The summed E-state index contributed by atoms with van der Waals surface area (Å²) in [6.07, 6.45) is 4.35. The first kappa shape index (κ1) is 13.2. The Labute approximate surface area is 121 Å². The van der Waals surface area contributed by atoms with Gasteiger partial charge in [-0.1, -0.05) is 42.1 Å². The van der Waals surface area contributed by atoms with Gasteiger partial charge in [-0.3, -0.25) is 9.89 Å². The number of aromatic amines is 1. The summed E-state index contributed by atoms with van der Waals surface area (Å²) in [6, 6.07) is 9.33. The fourth-order valence-electron chi connectivity index (χ4n) is 2.55. The fraction of sp³-hybridized carbons (Fsp3) is 0.333. The van der Waals surface area contributed by atoms with E-state index >= 15 is 0 Å². The Morgan fingerprint density at radius 3 is 2.75 bits per heavy atom. The lowest BCUT2D eigenvalue weighted by Gasteiger charge is -2.14. The normalized spacial score (nSPS) is 15.6. The number of H-pyrrole nitrogens is 1. The molecule has 1 atom stereocenters. The molecule has 0 amide bonds. The number of nitrogens with zero attached hydrogens (tertiary/aromatic N) is 1. The van der Waals surface area contributed by atoms with E-state index < -0.39 is 11.2 Å². The van der Waals surface area contributed by atoms with E-state index in [1.165, 1.54) is 29.4 Å². The van der Waals surface area contributed by atoms with E-state index in [0.29, 0.717) is 0 Å². The molecule has 0 saturated carbocycles. The highest BCUT2D eigenvalue weighted by atomic mass is 32.2. The molecule has 0 fully saturated rings. The summed E-state index contributed by atoms with van der Waals surface area (Å²) in [5.74, 6) is -0.825. The first-order valence-corrected chi connectivity index (χ1v) is 7.64. The van der Waals surface area contributed by atoms with Crippen LogP contribution >= 0.6 is 11.8 Å². The highest BCUT2D eigenvalue weighted by Crippen LogP contribution is 2.38. The minimum Gasteiger partial charge on any atom is -0.480 e. The second-order valence-corrected chi connectivity index (χ2v) is 6.03. The van der Waals surface area contributed by atoms with E-state index in [9.17, 15) is 9.90 Å². The minimum absolute atomic E-state index is 0.606. The van der Waals surface area contributed by atoms with Crippen molar-refractivity contribution in [1.29, 1.82) is 0 Å². The van der Waals surface area contributed by atoms with Gasteiger partial charge in [-0.2, -0.15) is 5.10 Å². The fourth-order valence-corrected chi connectivity index (χ4v) is 3.63. The molecule has 2 aromatic rings. The predicted octanol–water partition coefficient (Wildman–Crippen LogP) is 3.21. The number of nitrogens with one attached hydrogen (secondary N) is 1. The standard InChI is InChI=1S/C15H16N2O2S/c18-15(19)13(10-6-2-1-3-7-10)20-14-11-8-4-5-9-12(11)16-17-14/h1-3,6-7,13H,4-5,8-9H2,(H,16,17)(H,18,19)/t13-/m1/s1. The van der Waals surface area contributed by atoms with E-state index in [4.69, 9.17) is 0 Å². The van der Waals surface area contributed by atoms with Crippen LogP contribution in [-0.2, 0) is 17.6 Å². The van der Waals surface area contributed by atoms with Gasteiger partial charge in [0.2, 0.25) is 0 Å². The molecule has 1 heterocycles. The number of carboxylic acid groups (broad SMARTS) is 1. The molecule has 4 nitrogen and oxygen atoms in total. The molecule has 3 rings (SSSR count). The van der Waals surface area contributed by atoms with Crippen LogP contribution in [0.5, 0.6) is 0 Å². The predicted molar refractivity (Wildman–Crippen MR) is 77.9 cm³/mol. The topological polar surface area (TPSA) is 66.0 Å². The number of thioether (sulfide) groups is 1. The number of carbonyl (C=O) groups is 1. The molecule has 0 bridgehead atoms. The lowest BCUT2D eigenvalue weighted by molar-refractivity contribution is -0.136. The number of aryl methyl sites for hydroxylation is 1. The molecule has 20 heavy (non-hydrogen) atoms. The Bertz CT molecular complexity index is 610. The second kappa shape index (κ2) is 5.71. The minimum atomic E-state index is -0.825. The zero-order valence-corrected chi connectivity index (χ0v) is 11.8. The summed E-state index contributed by atoms with van der Waals surface area (Å²) in [5, 5.41) is 17.1. The van der Waals surface area contributed by atoms with Crippen LogP contribution in [0.1, 0.15) is 34.9 Å². The highest BCUT2D eigenvalue weighted by Gasteiger charge is 2.25. The molecule has 1 aliphatic rings. The summed E-state index contributed by atoms with van der Waals surface area (Å²) in [4.78, 5) is 11.5. The van der Waals surface area contributed by atoms with Crippen LogP contribution in [0, 0.1) is 0 Å². The Hall–Kier alpha value is -1.75. The molecule has 1 aliphatic carbocycles. The summed E-state index contributed by atoms with van der Waals surface area (Å²) in [5.41, 5.74) is 3.19. The number of carboxylic acids is 1. The van der Waals surface area contributed by atoms with Gasteiger partial charge in [0.1, 0.15) is 10.3 Å². The van der Waals surface area contributed by atoms with Crippen molar-refractivity contribution < 1.29 is 9.90 Å². The van der Waals surface area contributed by atoms with Crippen molar-refractivity contribution in [2.24, 2.45) is 0 Å². The third-order valence-corrected chi connectivity index (χ3v) is 4.84. The number of aliphatic carboxylic acids is 1. The summed E-state index contributed by atoms with van der Waals surface area (Å²) in [7, 11) is 0. The van der Waals surface area contributed by atoms with Crippen LogP contribution < -0.4 is 0 Å². The first-order chi connectivity index (χ1) is 9.75. The molecule has 0 unspecified atom stereocenters. The Kier molecular flexibility index (Phi) is 3.78. The molecule has 1 aromatic carbocycles. The maximum absolute atomic E-state index is 11.5. The number of benzene rings is 1. The van der Waals surface area contributed by atoms with Crippen LogP contribution in [0.4, 0.5) is 0 Å². The van der Waals surface area contributed by atoms with Crippen LogP contribution in [0.25, 0.3) is 0 Å². The van der Waals surface area contributed by atoms with Gasteiger partial charge in [0.15, 0.2) is 0 Å². The molecule has 5 heteroatoms. The van der Waals surface area contributed by atoms with Crippen molar-refractivity contribution in [2.75, 3.05) is 0 Å². The van der Waals surface area contributed by atoms with Gasteiger partial charge >= 0.3 is 5.97 Å².